The van der Waals surface area contributed by atoms with E-state index in [1.54, 1.807) is 22.3 Å². The van der Waals surface area contributed by atoms with E-state index in [2.05, 4.69) is 73.7 Å². The zero-order valence-corrected chi connectivity index (χ0v) is 16.0. The molecule has 28 heavy (non-hydrogen) atoms. The molecule has 0 saturated heterocycles. The van der Waals surface area contributed by atoms with Crippen LogP contribution in [0.3, 0.4) is 0 Å². The van der Waals surface area contributed by atoms with Gasteiger partial charge in [-0.05, 0) is 92.9 Å². The van der Waals surface area contributed by atoms with Crippen molar-refractivity contribution in [1.82, 2.24) is 0 Å². The maximum atomic E-state index is 2.41. The lowest BCUT2D eigenvalue weighted by atomic mass is 9.86. The zero-order valence-electron chi connectivity index (χ0n) is 16.0. The van der Waals surface area contributed by atoms with Gasteiger partial charge in [0.2, 0.25) is 0 Å². The van der Waals surface area contributed by atoms with E-state index in [-0.39, 0.29) is 0 Å². The highest BCUT2D eigenvalue weighted by Gasteiger charge is 2.36. The third-order valence-corrected chi connectivity index (χ3v) is 7.02. The van der Waals surface area contributed by atoms with E-state index in [9.17, 15) is 0 Å². The van der Waals surface area contributed by atoms with Gasteiger partial charge in [-0.3, -0.25) is 0 Å². The van der Waals surface area contributed by atoms with Crippen LogP contribution in [0.1, 0.15) is 38.9 Å². The fourth-order valence-corrected chi connectivity index (χ4v) is 5.91. The van der Waals surface area contributed by atoms with Crippen molar-refractivity contribution in [3.05, 3.63) is 106 Å². The van der Waals surface area contributed by atoms with Crippen LogP contribution < -0.4 is 0 Å². The SMILES string of the molecule is Cc1ccc2c(c1)-c1c(c3c(c4c1Cc1ccccc1-4)Cc1ccccc1-3)C2. The van der Waals surface area contributed by atoms with Gasteiger partial charge < -0.3 is 0 Å². The fraction of sp³-hybridized carbons (Fsp3) is 0.143. The van der Waals surface area contributed by atoms with Crippen LogP contribution in [0.4, 0.5) is 0 Å². The Morgan fingerprint density at radius 1 is 0.500 bits per heavy atom. The molecule has 0 heteroatoms. The molecule has 0 amide bonds. The largest absolute Gasteiger partial charge is 0.0619 e. The average molecular weight is 356 g/mol. The molecule has 0 aliphatic heterocycles. The molecule has 3 aliphatic carbocycles. The molecule has 0 aromatic heterocycles. The van der Waals surface area contributed by atoms with Gasteiger partial charge in [0, 0.05) is 0 Å². The molecule has 0 fully saturated rings. The first-order valence-corrected chi connectivity index (χ1v) is 10.3. The molecule has 0 heterocycles. The van der Waals surface area contributed by atoms with Gasteiger partial charge in [0.05, 0.1) is 0 Å². The summed E-state index contributed by atoms with van der Waals surface area (Å²) in [4.78, 5) is 0. The fourth-order valence-electron chi connectivity index (χ4n) is 5.91. The Balaban J connectivity index is 1.65. The summed E-state index contributed by atoms with van der Waals surface area (Å²) in [5.74, 6) is 0. The van der Waals surface area contributed by atoms with Crippen LogP contribution >= 0.6 is 0 Å². The maximum absolute atomic E-state index is 2.41. The van der Waals surface area contributed by atoms with E-state index in [0.29, 0.717) is 0 Å². The Morgan fingerprint density at radius 3 is 1.54 bits per heavy atom. The number of hydrogen-bond donors (Lipinski definition) is 0. The van der Waals surface area contributed by atoms with E-state index in [1.807, 2.05) is 0 Å². The molecule has 7 rings (SSSR count). The van der Waals surface area contributed by atoms with Gasteiger partial charge in [-0.1, -0.05) is 72.3 Å². The van der Waals surface area contributed by atoms with Crippen molar-refractivity contribution < 1.29 is 0 Å². The predicted octanol–water partition coefficient (Wildman–Crippen LogP) is 6.71. The van der Waals surface area contributed by atoms with E-state index in [4.69, 9.17) is 0 Å². The Kier molecular flexibility index (Phi) is 2.67. The van der Waals surface area contributed by atoms with E-state index in [1.165, 1.54) is 50.1 Å². The zero-order chi connectivity index (χ0) is 18.4. The van der Waals surface area contributed by atoms with Crippen LogP contribution in [-0.4, -0.2) is 0 Å². The molecule has 4 aromatic carbocycles. The van der Waals surface area contributed by atoms with E-state index >= 15 is 0 Å². The lowest BCUT2D eigenvalue weighted by molar-refractivity contribution is 1.21. The highest BCUT2D eigenvalue weighted by Crippen LogP contribution is 2.56. The summed E-state index contributed by atoms with van der Waals surface area (Å²) in [6.45, 7) is 2.22. The van der Waals surface area contributed by atoms with Crippen molar-refractivity contribution in [2.45, 2.75) is 26.2 Å². The molecule has 0 unspecified atom stereocenters. The van der Waals surface area contributed by atoms with Crippen LogP contribution in [0.15, 0.2) is 66.7 Å². The van der Waals surface area contributed by atoms with Gasteiger partial charge in [0.1, 0.15) is 0 Å². The summed E-state index contributed by atoms with van der Waals surface area (Å²) in [5, 5.41) is 0. The third-order valence-electron chi connectivity index (χ3n) is 7.02. The molecule has 0 radical (unpaired) electrons. The highest BCUT2D eigenvalue weighted by atomic mass is 14.4. The number of hydrogen-bond acceptors (Lipinski definition) is 0. The molecule has 0 atom stereocenters. The number of rotatable bonds is 0. The molecule has 132 valence electrons. The smallest absolute Gasteiger partial charge is 0.000706 e. The molecule has 0 saturated carbocycles. The van der Waals surface area contributed by atoms with Gasteiger partial charge in [0.25, 0.3) is 0 Å². The summed E-state index contributed by atoms with van der Waals surface area (Å²) < 4.78 is 0. The minimum Gasteiger partial charge on any atom is -0.0619 e. The van der Waals surface area contributed by atoms with Crippen LogP contribution in [-0.2, 0) is 19.3 Å². The second-order valence-corrected chi connectivity index (χ2v) is 8.57. The van der Waals surface area contributed by atoms with Gasteiger partial charge in [0.15, 0.2) is 0 Å². The molecule has 0 nitrogen and oxygen atoms in total. The molecule has 0 bridgehead atoms. The standard InChI is InChI=1S/C28H20/c1-16-10-11-19-15-25-27-20-8-4-2-6-17(20)13-23(27)26-21-9-5-3-7-18(21)14-24(26)28(25)22(19)12-16/h2-12H,13-15H2,1H3. The second kappa shape index (κ2) is 5.02. The summed E-state index contributed by atoms with van der Waals surface area (Å²) >= 11 is 0. The molecule has 3 aliphatic rings. The van der Waals surface area contributed by atoms with Crippen LogP contribution in [0.2, 0.25) is 0 Å². The number of fused-ring (bicyclic) bond motifs is 12. The topological polar surface area (TPSA) is 0 Å². The maximum Gasteiger partial charge on any atom is -0.000706 e. The third kappa shape index (κ3) is 1.72. The van der Waals surface area contributed by atoms with Crippen LogP contribution in [0.5, 0.6) is 0 Å². The van der Waals surface area contributed by atoms with Gasteiger partial charge >= 0.3 is 0 Å². The quantitative estimate of drug-likeness (QED) is 0.283. The molecule has 0 spiro atoms. The van der Waals surface area contributed by atoms with E-state index in [0.717, 1.165) is 19.3 Å². The summed E-state index contributed by atoms with van der Waals surface area (Å²) in [5.41, 5.74) is 19.6. The Bertz CT molecular complexity index is 1300. The first-order valence-electron chi connectivity index (χ1n) is 10.3. The summed E-state index contributed by atoms with van der Waals surface area (Å²) in [6.07, 6.45) is 3.22. The van der Waals surface area contributed by atoms with Gasteiger partial charge in [-0.2, -0.15) is 0 Å². The normalized spacial score (nSPS) is 14.2. The van der Waals surface area contributed by atoms with Crippen LogP contribution in [0, 0.1) is 6.92 Å². The van der Waals surface area contributed by atoms with Crippen LogP contribution in [0.25, 0.3) is 33.4 Å². The lowest BCUT2D eigenvalue weighted by Gasteiger charge is -2.17. The highest BCUT2D eigenvalue weighted by molar-refractivity contribution is 6.00. The van der Waals surface area contributed by atoms with Crippen molar-refractivity contribution >= 4 is 0 Å². The second-order valence-electron chi connectivity index (χ2n) is 8.57. The predicted molar refractivity (Wildman–Crippen MR) is 116 cm³/mol. The molecule has 4 aromatic rings. The summed E-state index contributed by atoms with van der Waals surface area (Å²) in [6, 6.07) is 25.1. The minimum absolute atomic E-state index is 1.07. The Hall–Kier alpha value is -3.12. The molecular formula is C28H20. The molecule has 0 N–H and O–H groups in total. The first-order chi connectivity index (χ1) is 13.8. The van der Waals surface area contributed by atoms with E-state index < -0.39 is 0 Å². The Labute approximate surface area is 165 Å². The van der Waals surface area contributed by atoms with Crippen molar-refractivity contribution in [2.75, 3.05) is 0 Å². The van der Waals surface area contributed by atoms with Crippen molar-refractivity contribution in [2.24, 2.45) is 0 Å². The lowest BCUT2D eigenvalue weighted by Crippen LogP contribution is -1.97. The minimum atomic E-state index is 1.07. The van der Waals surface area contributed by atoms with Gasteiger partial charge in [-0.25, -0.2) is 0 Å². The van der Waals surface area contributed by atoms with Crippen molar-refractivity contribution in [1.29, 1.82) is 0 Å². The number of benzene rings is 4. The Morgan fingerprint density at radius 2 is 0.964 bits per heavy atom. The monoisotopic (exact) mass is 356 g/mol. The molecular weight excluding hydrogens is 336 g/mol. The van der Waals surface area contributed by atoms with Crippen molar-refractivity contribution in [3.63, 3.8) is 0 Å². The summed E-state index contributed by atoms with van der Waals surface area (Å²) in [7, 11) is 0. The average Bonchev–Trinajstić information content (AvgIpc) is 3.37. The van der Waals surface area contributed by atoms with Crippen molar-refractivity contribution in [3.8, 4) is 33.4 Å². The van der Waals surface area contributed by atoms with Gasteiger partial charge in [-0.15, -0.1) is 0 Å². The number of aryl methyl sites for hydroxylation is 1. The first kappa shape index (κ1) is 14.9.